The van der Waals surface area contributed by atoms with Gasteiger partial charge in [-0.3, -0.25) is 9.59 Å². The summed E-state index contributed by atoms with van der Waals surface area (Å²) in [5, 5.41) is 13.6. The fraction of sp³-hybridized carbons (Fsp3) is 0.308. The van der Waals surface area contributed by atoms with Gasteiger partial charge in [-0.15, -0.1) is 5.10 Å². The average molecular weight is 289 g/mol. The molecule has 0 aliphatic carbocycles. The van der Waals surface area contributed by atoms with Gasteiger partial charge in [0, 0.05) is 12.1 Å². The van der Waals surface area contributed by atoms with E-state index in [2.05, 4.69) is 20.8 Å². The summed E-state index contributed by atoms with van der Waals surface area (Å²) in [6, 6.07) is 7.02. The lowest BCUT2D eigenvalue weighted by Crippen LogP contribution is -2.14. The molecule has 1 N–H and O–H groups in total. The van der Waals surface area contributed by atoms with Crippen LogP contribution < -0.4 is 5.32 Å². The van der Waals surface area contributed by atoms with Crippen LogP contribution in [0.3, 0.4) is 0 Å². The number of nitrogens with zero attached hydrogens (tertiary/aromatic N) is 4. The molecule has 0 saturated carbocycles. The minimum Gasteiger partial charge on any atom is -0.466 e. The van der Waals surface area contributed by atoms with Crippen molar-refractivity contribution in [3.63, 3.8) is 0 Å². The lowest BCUT2D eigenvalue weighted by Gasteiger charge is -2.06. The zero-order chi connectivity index (χ0) is 15.1. The summed E-state index contributed by atoms with van der Waals surface area (Å²) in [4.78, 5) is 22.8. The van der Waals surface area contributed by atoms with Crippen molar-refractivity contribution in [1.29, 1.82) is 0 Å². The number of esters is 1. The third-order valence-electron chi connectivity index (χ3n) is 2.63. The number of nitrogens with one attached hydrogen (secondary N) is 1. The molecule has 2 aromatic rings. The van der Waals surface area contributed by atoms with Crippen molar-refractivity contribution in [3.8, 4) is 5.69 Å². The number of ether oxygens (including phenoxy) is 1. The van der Waals surface area contributed by atoms with Gasteiger partial charge >= 0.3 is 5.97 Å². The summed E-state index contributed by atoms with van der Waals surface area (Å²) in [7, 11) is 0. The number of amides is 1. The fourth-order valence-corrected chi connectivity index (χ4v) is 1.65. The third kappa shape index (κ3) is 4.37. The number of hydrogen-bond acceptors (Lipinski definition) is 6. The number of benzene rings is 1. The number of carbonyl (C=O) groups excluding carboxylic acids is 2. The van der Waals surface area contributed by atoms with E-state index in [1.165, 1.54) is 11.0 Å². The highest BCUT2D eigenvalue weighted by atomic mass is 16.5. The molecule has 110 valence electrons. The molecule has 0 aliphatic rings. The fourth-order valence-electron chi connectivity index (χ4n) is 1.65. The molecular weight excluding hydrogens is 274 g/mol. The van der Waals surface area contributed by atoms with E-state index in [1.54, 1.807) is 31.2 Å². The Labute approximate surface area is 121 Å². The minimum absolute atomic E-state index is 0.0718. The van der Waals surface area contributed by atoms with Crippen LogP contribution in [0.15, 0.2) is 30.6 Å². The van der Waals surface area contributed by atoms with Crippen molar-refractivity contribution in [2.75, 3.05) is 11.9 Å². The maximum absolute atomic E-state index is 11.7. The van der Waals surface area contributed by atoms with E-state index < -0.39 is 0 Å². The number of hydrogen-bond donors (Lipinski definition) is 1. The molecule has 0 bridgehead atoms. The quantitative estimate of drug-likeness (QED) is 0.795. The Morgan fingerprint density at radius 1 is 1.24 bits per heavy atom. The van der Waals surface area contributed by atoms with Crippen LogP contribution in [0.5, 0.6) is 0 Å². The molecule has 0 fully saturated rings. The SMILES string of the molecule is CCOC(=O)CCC(=O)Nc1ccc(-n2cnnn2)cc1. The predicted molar refractivity (Wildman–Crippen MR) is 73.7 cm³/mol. The van der Waals surface area contributed by atoms with Crippen LogP contribution in [0.2, 0.25) is 0 Å². The zero-order valence-electron chi connectivity index (χ0n) is 11.5. The molecule has 2 rings (SSSR count). The van der Waals surface area contributed by atoms with Gasteiger partial charge in [-0.05, 0) is 41.6 Å². The molecule has 0 saturated heterocycles. The van der Waals surface area contributed by atoms with Crippen LogP contribution in [-0.2, 0) is 14.3 Å². The van der Waals surface area contributed by atoms with Crippen LogP contribution >= 0.6 is 0 Å². The zero-order valence-corrected chi connectivity index (χ0v) is 11.5. The van der Waals surface area contributed by atoms with Crippen LogP contribution in [0.1, 0.15) is 19.8 Å². The van der Waals surface area contributed by atoms with Gasteiger partial charge in [0.05, 0.1) is 18.7 Å². The summed E-state index contributed by atoms with van der Waals surface area (Å²) in [5.41, 5.74) is 1.42. The van der Waals surface area contributed by atoms with Crippen molar-refractivity contribution >= 4 is 17.6 Å². The highest BCUT2D eigenvalue weighted by Crippen LogP contribution is 2.12. The first-order chi connectivity index (χ1) is 10.2. The first-order valence-corrected chi connectivity index (χ1v) is 6.48. The van der Waals surface area contributed by atoms with Crippen LogP contribution in [0.25, 0.3) is 5.69 Å². The molecule has 0 aliphatic heterocycles. The van der Waals surface area contributed by atoms with Gasteiger partial charge in [-0.2, -0.15) is 0 Å². The molecule has 0 atom stereocenters. The second-order valence-corrected chi connectivity index (χ2v) is 4.15. The van der Waals surface area contributed by atoms with Gasteiger partial charge in [0.25, 0.3) is 0 Å². The maximum Gasteiger partial charge on any atom is 0.306 e. The highest BCUT2D eigenvalue weighted by molar-refractivity contribution is 5.92. The molecule has 1 amide bonds. The van der Waals surface area contributed by atoms with Gasteiger partial charge in [-0.1, -0.05) is 0 Å². The second kappa shape index (κ2) is 7.13. The largest absolute Gasteiger partial charge is 0.466 e. The molecule has 8 heteroatoms. The Hall–Kier alpha value is -2.77. The van der Waals surface area contributed by atoms with Gasteiger partial charge in [0.15, 0.2) is 0 Å². The smallest absolute Gasteiger partial charge is 0.306 e. The van der Waals surface area contributed by atoms with Crippen molar-refractivity contribution in [1.82, 2.24) is 20.2 Å². The number of carbonyl (C=O) groups is 2. The number of aromatic nitrogens is 4. The summed E-state index contributed by atoms with van der Waals surface area (Å²) in [6.07, 6.45) is 1.64. The topological polar surface area (TPSA) is 99.0 Å². The van der Waals surface area contributed by atoms with Crippen molar-refractivity contribution in [3.05, 3.63) is 30.6 Å². The summed E-state index contributed by atoms with van der Waals surface area (Å²) < 4.78 is 6.27. The van der Waals surface area contributed by atoms with Gasteiger partial charge in [0.1, 0.15) is 6.33 Å². The van der Waals surface area contributed by atoms with E-state index in [0.29, 0.717) is 12.3 Å². The summed E-state index contributed by atoms with van der Waals surface area (Å²) in [6.45, 7) is 2.04. The first kappa shape index (κ1) is 14.6. The molecule has 21 heavy (non-hydrogen) atoms. The van der Waals surface area contributed by atoms with Crippen LogP contribution in [0, 0.1) is 0 Å². The number of tetrazole rings is 1. The average Bonchev–Trinajstić information content (AvgIpc) is 3.00. The Bertz CT molecular complexity index is 595. The molecule has 1 aromatic carbocycles. The summed E-state index contributed by atoms with van der Waals surface area (Å²) in [5.74, 6) is -0.611. The molecule has 8 nitrogen and oxygen atoms in total. The number of rotatable bonds is 6. The van der Waals surface area contributed by atoms with E-state index >= 15 is 0 Å². The Kier molecular flexibility index (Phi) is 4.97. The lowest BCUT2D eigenvalue weighted by molar-refractivity contribution is -0.144. The van der Waals surface area contributed by atoms with E-state index in [0.717, 1.165) is 5.69 Å². The Morgan fingerprint density at radius 2 is 2.00 bits per heavy atom. The molecule has 0 spiro atoms. The molecule has 1 heterocycles. The standard InChI is InChI=1S/C13H15N5O3/c1-2-21-13(20)8-7-12(19)15-10-3-5-11(6-4-10)18-9-14-16-17-18/h3-6,9H,2,7-8H2,1H3,(H,15,19). The van der Waals surface area contributed by atoms with Crippen molar-refractivity contribution < 1.29 is 14.3 Å². The van der Waals surface area contributed by atoms with E-state index in [1.807, 2.05) is 0 Å². The first-order valence-electron chi connectivity index (χ1n) is 6.48. The minimum atomic E-state index is -0.373. The third-order valence-corrected chi connectivity index (χ3v) is 2.63. The van der Waals surface area contributed by atoms with Gasteiger partial charge < -0.3 is 10.1 Å². The van der Waals surface area contributed by atoms with Crippen molar-refractivity contribution in [2.45, 2.75) is 19.8 Å². The Balaban J connectivity index is 1.85. The second-order valence-electron chi connectivity index (χ2n) is 4.15. The van der Waals surface area contributed by atoms with Crippen LogP contribution in [0.4, 0.5) is 5.69 Å². The van der Waals surface area contributed by atoms with E-state index in [9.17, 15) is 9.59 Å². The lowest BCUT2D eigenvalue weighted by atomic mass is 10.2. The van der Waals surface area contributed by atoms with Crippen LogP contribution in [-0.4, -0.2) is 38.7 Å². The Morgan fingerprint density at radius 3 is 2.62 bits per heavy atom. The molecule has 0 radical (unpaired) electrons. The molecule has 1 aromatic heterocycles. The normalized spacial score (nSPS) is 10.1. The van der Waals surface area contributed by atoms with E-state index in [-0.39, 0.29) is 24.7 Å². The highest BCUT2D eigenvalue weighted by Gasteiger charge is 2.08. The van der Waals surface area contributed by atoms with E-state index in [4.69, 9.17) is 4.74 Å². The number of anilines is 1. The van der Waals surface area contributed by atoms with Gasteiger partial charge in [0.2, 0.25) is 5.91 Å². The van der Waals surface area contributed by atoms with Crippen molar-refractivity contribution in [2.24, 2.45) is 0 Å². The monoisotopic (exact) mass is 289 g/mol. The molecular formula is C13H15N5O3. The predicted octanol–water partition coefficient (Wildman–Crippen LogP) is 0.944. The van der Waals surface area contributed by atoms with Gasteiger partial charge in [-0.25, -0.2) is 4.68 Å². The summed E-state index contributed by atoms with van der Waals surface area (Å²) >= 11 is 0. The molecule has 0 unspecified atom stereocenters. The maximum atomic E-state index is 11.7.